The van der Waals surface area contributed by atoms with Crippen LogP contribution in [0.1, 0.15) is 37.7 Å². The molecule has 3 nitrogen and oxygen atoms in total. The minimum atomic E-state index is -0.702. The van der Waals surface area contributed by atoms with E-state index in [2.05, 4.69) is 0 Å². The maximum Gasteiger partial charge on any atom is 0.226 e. The maximum absolute atomic E-state index is 13.3. The zero-order valence-corrected chi connectivity index (χ0v) is 15.2. The molecule has 6 heteroatoms. The lowest BCUT2D eigenvalue weighted by molar-refractivity contribution is -0.133. The molecule has 1 aromatic carbocycles. The Hall–Kier alpha value is -1.00. The summed E-state index contributed by atoms with van der Waals surface area (Å²) in [6.45, 7) is 0.747. The van der Waals surface area contributed by atoms with Crippen molar-refractivity contribution in [1.29, 1.82) is 0 Å². The number of carbonyl (C=O) groups is 1. The smallest absolute Gasteiger partial charge is 0.226 e. The molecule has 1 aromatic rings. The fraction of sp³-hybridized carbons (Fsp3) is 0.611. The van der Waals surface area contributed by atoms with Gasteiger partial charge in [-0.3, -0.25) is 4.79 Å². The predicted molar refractivity (Wildman–Crippen MR) is 93.7 cm³/mol. The van der Waals surface area contributed by atoms with Crippen LogP contribution in [0.25, 0.3) is 0 Å². The average molecular weight is 374 g/mol. The molecule has 0 aromatic heterocycles. The highest BCUT2D eigenvalue weighted by Crippen LogP contribution is 2.36. The number of carbonyl (C=O) groups excluding carboxylic acids is 1. The van der Waals surface area contributed by atoms with E-state index in [1.54, 1.807) is 19.2 Å². The number of likely N-dealkylation sites (tertiary alicyclic amines) is 1. The quantitative estimate of drug-likeness (QED) is 0.766. The third-order valence-electron chi connectivity index (χ3n) is 5.22. The Balaban J connectivity index is 1.68. The Morgan fingerprint density at radius 2 is 1.79 bits per heavy atom. The van der Waals surface area contributed by atoms with E-state index in [-0.39, 0.29) is 17.9 Å². The van der Waals surface area contributed by atoms with Crippen molar-refractivity contribution in [2.45, 2.75) is 50.7 Å². The molecule has 1 amide bonds. The summed E-state index contributed by atoms with van der Waals surface area (Å²) in [4.78, 5) is 14.7. The van der Waals surface area contributed by atoms with Crippen LogP contribution in [-0.2, 0) is 11.2 Å². The van der Waals surface area contributed by atoms with Crippen LogP contribution in [0.2, 0.25) is 10.0 Å². The van der Waals surface area contributed by atoms with Gasteiger partial charge in [0.15, 0.2) is 0 Å². The van der Waals surface area contributed by atoms with Gasteiger partial charge in [-0.2, -0.15) is 0 Å². The van der Waals surface area contributed by atoms with Crippen molar-refractivity contribution in [2.24, 2.45) is 5.92 Å². The molecule has 1 heterocycles. The summed E-state index contributed by atoms with van der Waals surface area (Å²) in [7, 11) is 1.56. The molecule has 0 bridgehead atoms. The number of hydrogen-bond donors (Lipinski definition) is 0. The lowest BCUT2D eigenvalue weighted by atomic mass is 9.92. The predicted octanol–water partition coefficient (Wildman–Crippen LogP) is 4.67. The molecule has 1 saturated carbocycles. The van der Waals surface area contributed by atoms with E-state index < -0.39 is 6.17 Å². The standard InChI is InChI=1S/C18H22Cl2FNO2/c1-24-14-9-16(19)15(17(20)10-14)8-11-6-7-22(18(11)23)13-4-2-12(21)3-5-13/h9-13H,2-8H2,1H3. The van der Waals surface area contributed by atoms with E-state index in [0.29, 0.717) is 35.1 Å². The lowest BCUT2D eigenvalue weighted by Crippen LogP contribution is -2.40. The minimum Gasteiger partial charge on any atom is -0.497 e. The summed E-state index contributed by atoms with van der Waals surface area (Å²) in [5, 5.41) is 1.06. The van der Waals surface area contributed by atoms with Crippen LogP contribution in [-0.4, -0.2) is 36.7 Å². The molecule has 24 heavy (non-hydrogen) atoms. The van der Waals surface area contributed by atoms with Gasteiger partial charge in [-0.05, 0) is 56.2 Å². The van der Waals surface area contributed by atoms with Gasteiger partial charge in [0.25, 0.3) is 0 Å². The first kappa shape index (κ1) is 17.8. The fourth-order valence-corrected chi connectivity index (χ4v) is 4.42. The molecule has 1 saturated heterocycles. The third kappa shape index (κ3) is 3.65. The largest absolute Gasteiger partial charge is 0.497 e. The highest BCUT2D eigenvalue weighted by Gasteiger charge is 2.37. The molecule has 2 fully saturated rings. The maximum atomic E-state index is 13.3. The first-order valence-corrected chi connectivity index (χ1v) is 9.21. The Labute approximate surface area is 152 Å². The number of methoxy groups -OCH3 is 1. The van der Waals surface area contributed by atoms with Crippen LogP contribution in [0.4, 0.5) is 4.39 Å². The molecule has 1 aliphatic heterocycles. The molecule has 0 N–H and O–H groups in total. The van der Waals surface area contributed by atoms with Crippen LogP contribution < -0.4 is 4.74 Å². The van der Waals surface area contributed by atoms with E-state index in [9.17, 15) is 9.18 Å². The number of hydrogen-bond acceptors (Lipinski definition) is 2. The van der Waals surface area contributed by atoms with E-state index >= 15 is 0 Å². The monoisotopic (exact) mass is 373 g/mol. The van der Waals surface area contributed by atoms with E-state index in [1.165, 1.54) is 0 Å². The zero-order valence-electron chi connectivity index (χ0n) is 13.7. The van der Waals surface area contributed by atoms with Gasteiger partial charge in [-0.15, -0.1) is 0 Å². The lowest BCUT2D eigenvalue weighted by Gasteiger charge is -2.32. The van der Waals surface area contributed by atoms with E-state index in [4.69, 9.17) is 27.9 Å². The molecule has 0 spiro atoms. The van der Waals surface area contributed by atoms with Gasteiger partial charge in [0.05, 0.1) is 7.11 Å². The number of ether oxygens (including phenoxy) is 1. The summed E-state index contributed by atoms with van der Waals surface area (Å²) in [6.07, 6.45) is 3.30. The number of benzene rings is 1. The second-order valence-corrected chi connectivity index (χ2v) is 7.51. The minimum absolute atomic E-state index is 0.100. The Bertz CT molecular complexity index is 594. The van der Waals surface area contributed by atoms with Gasteiger partial charge < -0.3 is 9.64 Å². The summed E-state index contributed by atoms with van der Waals surface area (Å²) in [5.74, 6) is 0.660. The number of alkyl halides is 1. The third-order valence-corrected chi connectivity index (χ3v) is 5.89. The molecule has 2 aliphatic rings. The van der Waals surface area contributed by atoms with E-state index in [0.717, 1.165) is 31.4 Å². The molecule has 3 rings (SSSR count). The Morgan fingerprint density at radius 1 is 1.17 bits per heavy atom. The highest BCUT2D eigenvalue weighted by molar-refractivity contribution is 6.36. The number of rotatable bonds is 4. The number of amides is 1. The Kier molecular flexibility index (Phi) is 5.56. The molecule has 0 radical (unpaired) electrons. The van der Waals surface area contributed by atoms with Gasteiger partial charge in [-0.25, -0.2) is 4.39 Å². The Morgan fingerprint density at radius 3 is 2.38 bits per heavy atom. The van der Waals surface area contributed by atoms with Gasteiger partial charge in [0.2, 0.25) is 5.91 Å². The fourth-order valence-electron chi connectivity index (χ4n) is 3.80. The van der Waals surface area contributed by atoms with Gasteiger partial charge >= 0.3 is 0 Å². The first-order chi connectivity index (χ1) is 11.5. The van der Waals surface area contributed by atoms with Crippen molar-refractivity contribution in [2.75, 3.05) is 13.7 Å². The molecule has 1 atom stereocenters. The summed E-state index contributed by atoms with van der Waals surface area (Å²) >= 11 is 12.6. The van der Waals surface area contributed by atoms with Crippen molar-refractivity contribution in [3.63, 3.8) is 0 Å². The SMILES string of the molecule is COc1cc(Cl)c(CC2CCN(C3CCC(F)CC3)C2=O)c(Cl)c1. The average Bonchev–Trinajstić information content (AvgIpc) is 2.92. The highest BCUT2D eigenvalue weighted by atomic mass is 35.5. The topological polar surface area (TPSA) is 29.5 Å². The zero-order chi connectivity index (χ0) is 17.3. The number of nitrogens with zero attached hydrogens (tertiary/aromatic N) is 1. The van der Waals surface area contributed by atoms with Crippen LogP contribution in [0, 0.1) is 5.92 Å². The van der Waals surface area contributed by atoms with Gasteiger partial charge in [0, 0.05) is 28.5 Å². The van der Waals surface area contributed by atoms with E-state index in [1.807, 2.05) is 4.90 Å². The van der Waals surface area contributed by atoms with Crippen LogP contribution >= 0.6 is 23.2 Å². The summed E-state index contributed by atoms with van der Waals surface area (Å²) in [5.41, 5.74) is 0.798. The van der Waals surface area contributed by atoms with Crippen LogP contribution in [0.3, 0.4) is 0 Å². The van der Waals surface area contributed by atoms with Crippen LogP contribution in [0.5, 0.6) is 5.75 Å². The van der Waals surface area contributed by atoms with Crippen LogP contribution in [0.15, 0.2) is 12.1 Å². The molecule has 1 aliphatic carbocycles. The van der Waals surface area contributed by atoms with Crippen molar-refractivity contribution in [3.8, 4) is 5.75 Å². The van der Waals surface area contributed by atoms with Crippen molar-refractivity contribution in [1.82, 2.24) is 4.90 Å². The van der Waals surface area contributed by atoms with Crippen molar-refractivity contribution >= 4 is 29.1 Å². The number of halogens is 3. The van der Waals surface area contributed by atoms with Gasteiger partial charge in [0.1, 0.15) is 11.9 Å². The van der Waals surface area contributed by atoms with Crippen molar-refractivity contribution in [3.05, 3.63) is 27.7 Å². The molecular weight excluding hydrogens is 352 g/mol. The summed E-state index contributed by atoms with van der Waals surface area (Å²) in [6, 6.07) is 3.64. The molecule has 132 valence electrons. The van der Waals surface area contributed by atoms with Gasteiger partial charge in [-0.1, -0.05) is 23.2 Å². The second-order valence-electron chi connectivity index (χ2n) is 6.70. The molecule has 1 unspecified atom stereocenters. The second kappa shape index (κ2) is 7.49. The molecular formula is C18H22Cl2FNO2. The van der Waals surface area contributed by atoms with Crippen molar-refractivity contribution < 1.29 is 13.9 Å². The first-order valence-electron chi connectivity index (χ1n) is 8.46. The normalized spacial score (nSPS) is 27.6. The summed E-state index contributed by atoms with van der Waals surface area (Å²) < 4.78 is 18.5.